The maximum atomic E-state index is 13.4. The van der Waals surface area contributed by atoms with Crippen molar-refractivity contribution in [3.05, 3.63) is 100 Å². The first-order chi connectivity index (χ1) is 18.6. The maximum Gasteiger partial charge on any atom is 0.315 e. The van der Waals surface area contributed by atoms with Gasteiger partial charge in [0.25, 0.3) is 5.56 Å². The number of ether oxygens (including phenoxy) is 2. The molecule has 0 saturated carbocycles. The van der Waals surface area contributed by atoms with Gasteiger partial charge in [0.1, 0.15) is 12.4 Å². The highest BCUT2D eigenvalue weighted by molar-refractivity contribution is 9.10. The van der Waals surface area contributed by atoms with Crippen LogP contribution in [-0.4, -0.2) is 27.9 Å². The van der Waals surface area contributed by atoms with Crippen LogP contribution in [0.2, 0.25) is 10.0 Å². The van der Waals surface area contributed by atoms with E-state index in [0.717, 1.165) is 10.9 Å². The third-order valence-electron chi connectivity index (χ3n) is 6.05. The molecule has 0 bridgehead atoms. The molecule has 9 nitrogen and oxygen atoms in total. The summed E-state index contributed by atoms with van der Waals surface area (Å²) >= 11 is 15.4. The minimum atomic E-state index is -0.574. The first kappa shape index (κ1) is 28.5. The number of nitro benzene ring substituents is 1. The van der Waals surface area contributed by atoms with Crippen LogP contribution in [0.25, 0.3) is 10.9 Å². The van der Waals surface area contributed by atoms with Gasteiger partial charge in [-0.1, -0.05) is 59.0 Å². The SMILES string of the molecule is CC[C@@H](C)c1nc2ccc(Br)cc2c(=O)n1N=Cc1cc(OC)c(OCc2ccc(Cl)c(Cl)c2)c([N+](=O)[O-])c1. The molecule has 0 amide bonds. The molecule has 0 unspecified atom stereocenters. The van der Waals surface area contributed by atoms with Crippen LogP contribution in [-0.2, 0) is 6.61 Å². The summed E-state index contributed by atoms with van der Waals surface area (Å²) < 4.78 is 13.2. The van der Waals surface area contributed by atoms with Crippen molar-refractivity contribution < 1.29 is 14.4 Å². The molecular weight excluding hydrogens is 611 g/mol. The lowest BCUT2D eigenvalue weighted by molar-refractivity contribution is -0.386. The topological polar surface area (TPSA) is 109 Å². The van der Waals surface area contributed by atoms with E-state index in [4.69, 9.17) is 32.7 Å². The molecule has 4 rings (SSSR count). The van der Waals surface area contributed by atoms with Crippen LogP contribution in [0.5, 0.6) is 11.5 Å². The zero-order chi connectivity index (χ0) is 28.3. The molecule has 39 heavy (non-hydrogen) atoms. The summed E-state index contributed by atoms with van der Waals surface area (Å²) in [5.74, 6) is 0.488. The standard InChI is InChI=1S/C27H23BrCl2N4O5/c1-4-15(2)26-32-22-8-6-18(28)12-19(22)27(35)33(26)31-13-17-10-23(34(36)37)25(24(11-17)38-3)39-14-16-5-7-20(29)21(30)9-16/h5-13,15H,4,14H2,1-3H3/t15-/m1/s1. The molecule has 0 radical (unpaired) electrons. The van der Waals surface area contributed by atoms with E-state index in [1.807, 2.05) is 19.9 Å². The molecule has 0 aliphatic carbocycles. The molecule has 0 aliphatic rings. The van der Waals surface area contributed by atoms with Crippen molar-refractivity contribution in [1.82, 2.24) is 9.66 Å². The lowest BCUT2D eigenvalue weighted by Crippen LogP contribution is -2.23. The van der Waals surface area contributed by atoms with E-state index in [1.54, 1.807) is 36.4 Å². The van der Waals surface area contributed by atoms with Crippen LogP contribution in [0.15, 0.2) is 62.9 Å². The second-order valence-electron chi connectivity index (χ2n) is 8.67. The predicted molar refractivity (Wildman–Crippen MR) is 156 cm³/mol. The Morgan fingerprint density at radius 3 is 2.62 bits per heavy atom. The van der Waals surface area contributed by atoms with Crippen LogP contribution < -0.4 is 15.0 Å². The molecular formula is C27H23BrCl2N4O5. The van der Waals surface area contributed by atoms with E-state index in [-0.39, 0.29) is 35.3 Å². The summed E-state index contributed by atoms with van der Waals surface area (Å²) in [4.78, 5) is 29.4. The van der Waals surface area contributed by atoms with E-state index < -0.39 is 4.92 Å². The highest BCUT2D eigenvalue weighted by Gasteiger charge is 2.23. The Morgan fingerprint density at radius 1 is 1.18 bits per heavy atom. The van der Waals surface area contributed by atoms with Crippen molar-refractivity contribution >= 4 is 61.9 Å². The number of halogens is 3. The highest BCUT2D eigenvalue weighted by Crippen LogP contribution is 2.39. The van der Waals surface area contributed by atoms with Gasteiger partial charge in [-0.25, -0.2) is 4.98 Å². The average Bonchev–Trinajstić information content (AvgIpc) is 2.92. The van der Waals surface area contributed by atoms with Crippen molar-refractivity contribution in [3.63, 3.8) is 0 Å². The number of hydrogen-bond donors (Lipinski definition) is 0. The molecule has 202 valence electrons. The summed E-state index contributed by atoms with van der Waals surface area (Å²) in [6.07, 6.45) is 2.09. The molecule has 1 atom stereocenters. The second-order valence-corrected chi connectivity index (χ2v) is 10.4. The molecule has 1 aromatic heterocycles. The largest absolute Gasteiger partial charge is 0.493 e. The van der Waals surface area contributed by atoms with Gasteiger partial charge < -0.3 is 9.47 Å². The number of fused-ring (bicyclic) bond motifs is 1. The zero-order valence-electron chi connectivity index (χ0n) is 21.2. The van der Waals surface area contributed by atoms with Gasteiger partial charge in [-0.2, -0.15) is 9.78 Å². The number of rotatable bonds is 9. The summed E-state index contributed by atoms with van der Waals surface area (Å²) in [6, 6.07) is 13.1. The number of benzene rings is 3. The first-order valence-corrected chi connectivity index (χ1v) is 13.4. The third-order valence-corrected chi connectivity index (χ3v) is 7.28. The minimum absolute atomic E-state index is 0.00645. The second kappa shape index (κ2) is 12.1. The molecule has 0 saturated heterocycles. The van der Waals surface area contributed by atoms with Crippen LogP contribution in [0.3, 0.4) is 0 Å². The molecule has 3 aromatic carbocycles. The Bertz CT molecular complexity index is 1660. The van der Waals surface area contributed by atoms with Gasteiger partial charge in [0.15, 0.2) is 5.75 Å². The molecule has 0 fully saturated rings. The number of aromatic nitrogens is 2. The van der Waals surface area contributed by atoms with Crippen LogP contribution in [0.4, 0.5) is 5.69 Å². The van der Waals surface area contributed by atoms with Gasteiger partial charge in [-0.15, -0.1) is 0 Å². The Hall–Kier alpha value is -3.47. The van der Waals surface area contributed by atoms with Gasteiger partial charge in [0.2, 0.25) is 5.75 Å². The van der Waals surface area contributed by atoms with Crippen LogP contribution >= 0.6 is 39.1 Å². The Balaban J connectivity index is 1.76. The minimum Gasteiger partial charge on any atom is -0.493 e. The molecule has 4 aromatic rings. The van der Waals surface area contributed by atoms with Gasteiger partial charge >= 0.3 is 5.69 Å². The summed E-state index contributed by atoms with van der Waals surface area (Å²) in [5, 5.41) is 17.5. The Labute approximate surface area is 242 Å². The maximum absolute atomic E-state index is 13.4. The predicted octanol–water partition coefficient (Wildman–Crippen LogP) is 7.36. The number of hydrogen-bond acceptors (Lipinski definition) is 7. The molecule has 0 N–H and O–H groups in total. The fourth-order valence-electron chi connectivity index (χ4n) is 3.80. The average molecular weight is 634 g/mol. The summed E-state index contributed by atoms with van der Waals surface area (Å²) in [5.41, 5.74) is 0.878. The van der Waals surface area contributed by atoms with Crippen molar-refractivity contribution in [2.75, 3.05) is 7.11 Å². The van der Waals surface area contributed by atoms with Crippen molar-refractivity contribution in [2.24, 2.45) is 5.10 Å². The Morgan fingerprint density at radius 2 is 1.95 bits per heavy atom. The fourth-order valence-corrected chi connectivity index (χ4v) is 4.49. The van der Waals surface area contributed by atoms with Crippen LogP contribution in [0.1, 0.15) is 43.1 Å². The van der Waals surface area contributed by atoms with Crippen molar-refractivity contribution in [2.45, 2.75) is 32.8 Å². The van der Waals surface area contributed by atoms with Crippen LogP contribution in [0, 0.1) is 10.1 Å². The quantitative estimate of drug-likeness (QED) is 0.108. The summed E-state index contributed by atoms with van der Waals surface area (Å²) in [6.45, 7) is 3.93. The lowest BCUT2D eigenvalue weighted by Gasteiger charge is -2.14. The van der Waals surface area contributed by atoms with E-state index >= 15 is 0 Å². The number of nitro groups is 1. The Kier molecular flexibility index (Phi) is 8.89. The number of methoxy groups -OCH3 is 1. The van der Waals surface area contributed by atoms with Crippen molar-refractivity contribution in [1.29, 1.82) is 0 Å². The molecule has 12 heteroatoms. The zero-order valence-corrected chi connectivity index (χ0v) is 24.2. The monoisotopic (exact) mass is 632 g/mol. The van der Waals surface area contributed by atoms with Gasteiger partial charge in [0, 0.05) is 22.0 Å². The third kappa shape index (κ3) is 6.24. The smallest absolute Gasteiger partial charge is 0.315 e. The van der Waals surface area contributed by atoms with Gasteiger partial charge in [-0.3, -0.25) is 14.9 Å². The van der Waals surface area contributed by atoms with Crippen molar-refractivity contribution in [3.8, 4) is 11.5 Å². The molecule has 1 heterocycles. The van der Waals surface area contributed by atoms with E-state index in [0.29, 0.717) is 37.9 Å². The van der Waals surface area contributed by atoms with E-state index in [1.165, 1.54) is 24.1 Å². The van der Waals surface area contributed by atoms with E-state index in [2.05, 4.69) is 26.0 Å². The summed E-state index contributed by atoms with van der Waals surface area (Å²) in [7, 11) is 1.38. The van der Waals surface area contributed by atoms with Gasteiger partial charge in [-0.05, 0) is 48.4 Å². The molecule has 0 aliphatic heterocycles. The molecule has 0 spiro atoms. The van der Waals surface area contributed by atoms with E-state index in [9.17, 15) is 14.9 Å². The fraction of sp³-hybridized carbons (Fsp3) is 0.222. The van der Waals surface area contributed by atoms with Gasteiger partial charge in [0.05, 0.1) is 39.2 Å². The first-order valence-electron chi connectivity index (χ1n) is 11.8. The lowest BCUT2D eigenvalue weighted by atomic mass is 10.1. The highest BCUT2D eigenvalue weighted by atomic mass is 79.9. The number of nitrogens with zero attached hydrogens (tertiary/aromatic N) is 4. The normalized spacial score (nSPS) is 12.2.